The zero-order valence-electron chi connectivity index (χ0n) is 8.82. The third-order valence-electron chi connectivity index (χ3n) is 2.36. The minimum absolute atomic E-state index is 0.0417. The third kappa shape index (κ3) is 2.58. The number of aromatic nitrogens is 1. The van der Waals surface area contributed by atoms with Crippen molar-refractivity contribution in [1.82, 2.24) is 4.98 Å². The average Bonchev–Trinajstić information content (AvgIpc) is 2.39. The monoisotopic (exact) mass is 375 g/mol. The molecule has 0 unspecified atom stereocenters. The van der Waals surface area contributed by atoms with Crippen LogP contribution in [0.3, 0.4) is 0 Å². The predicted octanol–water partition coefficient (Wildman–Crippen LogP) is 6.37. The molecule has 1 N–H and O–H groups in total. The highest BCUT2D eigenvalue weighted by molar-refractivity contribution is 6.56. The van der Waals surface area contributed by atoms with Crippen LogP contribution in [0.25, 0.3) is 11.1 Å². The number of pyridine rings is 1. The van der Waals surface area contributed by atoms with Crippen LogP contribution in [0, 0.1) is 0 Å². The van der Waals surface area contributed by atoms with Gasteiger partial charge in [-0.25, -0.2) is 4.98 Å². The van der Waals surface area contributed by atoms with E-state index in [2.05, 4.69) is 4.98 Å². The first-order valence-electron chi connectivity index (χ1n) is 4.71. The van der Waals surface area contributed by atoms with Gasteiger partial charge in [0.2, 0.25) is 0 Å². The van der Waals surface area contributed by atoms with E-state index in [0.717, 1.165) is 0 Å². The summed E-state index contributed by atoms with van der Waals surface area (Å²) in [6.07, 6.45) is 1.39. The summed E-state index contributed by atoms with van der Waals surface area (Å²) in [4.78, 5) is 3.72. The molecule has 0 saturated carbocycles. The molecule has 0 bridgehead atoms. The lowest BCUT2D eigenvalue weighted by atomic mass is 10.1. The lowest BCUT2D eigenvalue weighted by Gasteiger charge is -2.13. The topological polar surface area (TPSA) is 33.1 Å². The van der Waals surface area contributed by atoms with Gasteiger partial charge in [-0.2, -0.15) is 0 Å². The fourth-order valence-electron chi connectivity index (χ4n) is 1.47. The number of hydrogen-bond acceptors (Lipinski definition) is 2. The summed E-state index contributed by atoms with van der Waals surface area (Å²) in [5.74, 6) is -0.276. The second kappa shape index (κ2) is 5.72. The molecule has 0 radical (unpaired) electrons. The second-order valence-electron chi connectivity index (χ2n) is 3.44. The molecule has 0 aliphatic heterocycles. The SMILES string of the molecule is Oc1c(-c2c(Cl)c(Cl)c(Cl)c(Cl)c2Cl)ccnc1Cl. The lowest BCUT2D eigenvalue weighted by Crippen LogP contribution is -1.89. The van der Waals surface area contributed by atoms with E-state index in [-0.39, 0.29) is 47.1 Å². The van der Waals surface area contributed by atoms with Gasteiger partial charge in [0.1, 0.15) is 0 Å². The minimum Gasteiger partial charge on any atom is -0.504 e. The van der Waals surface area contributed by atoms with Crippen molar-refractivity contribution in [2.45, 2.75) is 0 Å². The van der Waals surface area contributed by atoms with Crippen LogP contribution < -0.4 is 0 Å². The summed E-state index contributed by atoms with van der Waals surface area (Å²) in [6, 6.07) is 1.48. The number of rotatable bonds is 1. The largest absolute Gasteiger partial charge is 0.504 e. The standard InChI is InChI=1S/C11H3Cl6NO/c12-5-4(3-1-2-18-11(17)10(3)19)6(13)8(15)9(16)7(5)14/h1-2,19H. The number of nitrogens with zero attached hydrogens (tertiary/aromatic N) is 1. The molecule has 1 heterocycles. The van der Waals surface area contributed by atoms with E-state index in [4.69, 9.17) is 69.6 Å². The highest BCUT2D eigenvalue weighted by Crippen LogP contribution is 2.50. The van der Waals surface area contributed by atoms with Gasteiger partial charge in [0.25, 0.3) is 0 Å². The van der Waals surface area contributed by atoms with Crippen LogP contribution in [0.2, 0.25) is 30.3 Å². The smallest absolute Gasteiger partial charge is 0.171 e. The van der Waals surface area contributed by atoms with Gasteiger partial charge in [-0.3, -0.25) is 0 Å². The molecule has 8 heteroatoms. The lowest BCUT2D eigenvalue weighted by molar-refractivity contribution is 0.475. The Morgan fingerprint density at radius 3 is 1.79 bits per heavy atom. The van der Waals surface area contributed by atoms with Crippen LogP contribution in [0.5, 0.6) is 5.75 Å². The molecule has 2 nitrogen and oxygen atoms in total. The van der Waals surface area contributed by atoms with Gasteiger partial charge in [-0.15, -0.1) is 0 Å². The number of benzene rings is 1. The van der Waals surface area contributed by atoms with Crippen molar-refractivity contribution in [3.05, 3.63) is 42.5 Å². The van der Waals surface area contributed by atoms with Gasteiger partial charge in [0.15, 0.2) is 10.9 Å². The second-order valence-corrected chi connectivity index (χ2v) is 5.69. The number of halogens is 6. The molecule has 2 aromatic rings. The Labute approximate surface area is 138 Å². The molecule has 0 spiro atoms. The molecule has 0 amide bonds. The third-order valence-corrected chi connectivity index (χ3v) is 4.91. The van der Waals surface area contributed by atoms with Gasteiger partial charge in [0.05, 0.1) is 25.1 Å². The normalized spacial score (nSPS) is 10.8. The van der Waals surface area contributed by atoms with E-state index < -0.39 is 0 Å². The maximum atomic E-state index is 9.92. The molecule has 19 heavy (non-hydrogen) atoms. The van der Waals surface area contributed by atoms with Gasteiger partial charge in [-0.05, 0) is 6.07 Å². The van der Waals surface area contributed by atoms with Crippen LogP contribution in [0.1, 0.15) is 0 Å². The Bertz CT molecular complexity index is 644. The van der Waals surface area contributed by atoms with Gasteiger partial charge < -0.3 is 5.11 Å². The molecular weight excluding hydrogens is 375 g/mol. The quantitative estimate of drug-likeness (QED) is 0.355. The minimum atomic E-state index is -0.276. The molecule has 0 aliphatic carbocycles. The van der Waals surface area contributed by atoms with Crippen molar-refractivity contribution < 1.29 is 5.11 Å². The first-order chi connectivity index (χ1) is 8.86. The van der Waals surface area contributed by atoms with Crippen molar-refractivity contribution in [1.29, 1.82) is 0 Å². The maximum absolute atomic E-state index is 9.92. The summed E-state index contributed by atoms with van der Waals surface area (Å²) in [5, 5.41) is 10.1. The zero-order valence-corrected chi connectivity index (χ0v) is 13.4. The van der Waals surface area contributed by atoms with Crippen LogP contribution in [-0.2, 0) is 0 Å². The van der Waals surface area contributed by atoms with Gasteiger partial charge >= 0.3 is 0 Å². The molecular formula is C11H3Cl6NO. The van der Waals surface area contributed by atoms with E-state index >= 15 is 0 Å². The summed E-state index contributed by atoms with van der Waals surface area (Å²) in [7, 11) is 0. The molecule has 0 fully saturated rings. The first kappa shape index (κ1) is 15.3. The Morgan fingerprint density at radius 1 is 0.789 bits per heavy atom. The molecule has 2 rings (SSSR count). The van der Waals surface area contributed by atoms with Crippen LogP contribution in [-0.4, -0.2) is 10.1 Å². The summed E-state index contributed by atoms with van der Waals surface area (Å²) in [6.45, 7) is 0. The van der Waals surface area contributed by atoms with Crippen LogP contribution in [0.4, 0.5) is 0 Å². The van der Waals surface area contributed by atoms with Crippen molar-refractivity contribution in [2.75, 3.05) is 0 Å². The van der Waals surface area contributed by atoms with Crippen molar-refractivity contribution >= 4 is 69.6 Å². The molecule has 0 atom stereocenters. The van der Waals surface area contributed by atoms with E-state index in [0.29, 0.717) is 0 Å². The van der Waals surface area contributed by atoms with E-state index in [1.165, 1.54) is 12.3 Å². The van der Waals surface area contributed by atoms with Crippen molar-refractivity contribution in [3.63, 3.8) is 0 Å². The van der Waals surface area contributed by atoms with E-state index in [9.17, 15) is 5.11 Å². The number of hydrogen-bond donors (Lipinski definition) is 1. The van der Waals surface area contributed by atoms with Crippen molar-refractivity contribution in [3.8, 4) is 16.9 Å². The Hall–Kier alpha value is -0.0900. The zero-order chi connectivity index (χ0) is 14.3. The number of aromatic hydroxyl groups is 1. The summed E-state index contributed by atoms with van der Waals surface area (Å²) >= 11 is 35.8. The molecule has 0 aliphatic rings. The Balaban J connectivity index is 2.87. The van der Waals surface area contributed by atoms with Crippen LogP contribution in [0.15, 0.2) is 12.3 Å². The van der Waals surface area contributed by atoms with Gasteiger partial charge in [0, 0.05) is 17.3 Å². The summed E-state index contributed by atoms with van der Waals surface area (Å²) in [5.41, 5.74) is 0.500. The molecule has 0 saturated heterocycles. The molecule has 1 aromatic carbocycles. The first-order valence-corrected chi connectivity index (χ1v) is 6.98. The Kier molecular flexibility index (Phi) is 4.61. The molecule has 1 aromatic heterocycles. The van der Waals surface area contributed by atoms with Crippen molar-refractivity contribution in [2.24, 2.45) is 0 Å². The van der Waals surface area contributed by atoms with E-state index in [1.54, 1.807) is 0 Å². The summed E-state index contributed by atoms with van der Waals surface area (Å²) < 4.78 is 0. The Morgan fingerprint density at radius 2 is 1.26 bits per heavy atom. The predicted molar refractivity (Wildman–Crippen MR) is 81.4 cm³/mol. The highest BCUT2D eigenvalue weighted by atomic mass is 35.5. The average molecular weight is 378 g/mol. The van der Waals surface area contributed by atoms with Gasteiger partial charge in [-0.1, -0.05) is 69.6 Å². The van der Waals surface area contributed by atoms with E-state index in [1.807, 2.05) is 0 Å². The highest BCUT2D eigenvalue weighted by Gasteiger charge is 2.23. The fraction of sp³-hybridized carbons (Fsp3) is 0. The maximum Gasteiger partial charge on any atom is 0.171 e. The fourth-order valence-corrected chi connectivity index (χ4v) is 2.97. The molecule has 100 valence electrons. The van der Waals surface area contributed by atoms with Crippen LogP contribution >= 0.6 is 69.6 Å².